The Kier molecular flexibility index (Phi) is 4.66. The van der Waals surface area contributed by atoms with Crippen molar-refractivity contribution in [3.8, 4) is 5.75 Å². The van der Waals surface area contributed by atoms with Crippen molar-refractivity contribution >= 4 is 11.7 Å². The van der Waals surface area contributed by atoms with Crippen LogP contribution in [0.15, 0.2) is 11.2 Å². The van der Waals surface area contributed by atoms with Gasteiger partial charge in [-0.2, -0.15) is 4.39 Å². The highest BCUT2D eigenvalue weighted by molar-refractivity contribution is 6.00. The highest BCUT2D eigenvalue weighted by Crippen LogP contribution is 2.26. The molecule has 0 aliphatic carbocycles. The van der Waals surface area contributed by atoms with Crippen LogP contribution in [0.1, 0.15) is 30.6 Å². The van der Waals surface area contributed by atoms with Crippen molar-refractivity contribution in [3.05, 3.63) is 29.1 Å². The molecule has 0 radical (unpaired) electrons. The second-order valence-electron chi connectivity index (χ2n) is 4.51. The normalized spacial score (nSPS) is 14.6. The van der Waals surface area contributed by atoms with E-state index in [1.54, 1.807) is 6.92 Å². The Bertz CT molecular complexity index is 607. The number of phenols is 1. The van der Waals surface area contributed by atoms with Crippen molar-refractivity contribution < 1.29 is 28.3 Å². The van der Waals surface area contributed by atoms with E-state index in [2.05, 4.69) is 10.5 Å². The van der Waals surface area contributed by atoms with Gasteiger partial charge in [-0.15, -0.1) is 0 Å². The highest BCUT2D eigenvalue weighted by Gasteiger charge is 2.32. The second kappa shape index (κ2) is 5.90. The zero-order valence-electron chi connectivity index (χ0n) is 11.2. The molecule has 5 N–H and O–H groups in total. The quantitative estimate of drug-likeness (QED) is 0.222. The summed E-state index contributed by atoms with van der Waals surface area (Å²) in [7, 11) is 0. The molecule has 0 bridgehead atoms. The number of aromatic hydroxyl groups is 1. The van der Waals surface area contributed by atoms with Gasteiger partial charge in [-0.1, -0.05) is 12.1 Å². The molecule has 1 aromatic rings. The number of benzene rings is 1. The number of oxime groups is 1. The fourth-order valence-corrected chi connectivity index (χ4v) is 1.52. The zero-order valence-corrected chi connectivity index (χ0v) is 11.2. The Labute approximate surface area is 118 Å². The standard InChI is InChI=1S/C12H14F3N3O3/c1-3-12(2,11(16)18-21)17-10(20)5-4-6(13)8(15)9(19)7(5)14/h4,19,21H,3H2,1-2H3,(H2,16,18)(H,17,20). The molecule has 0 saturated carbocycles. The van der Waals surface area contributed by atoms with Crippen molar-refractivity contribution in [2.75, 3.05) is 0 Å². The van der Waals surface area contributed by atoms with Gasteiger partial charge in [-0.3, -0.25) is 4.79 Å². The lowest BCUT2D eigenvalue weighted by Gasteiger charge is -2.28. The van der Waals surface area contributed by atoms with Crippen LogP contribution in [0.25, 0.3) is 0 Å². The molecule has 1 unspecified atom stereocenters. The van der Waals surface area contributed by atoms with E-state index in [1.165, 1.54) is 6.92 Å². The highest BCUT2D eigenvalue weighted by atomic mass is 19.2. The van der Waals surface area contributed by atoms with Gasteiger partial charge in [-0.25, -0.2) is 8.78 Å². The van der Waals surface area contributed by atoms with E-state index in [0.29, 0.717) is 6.07 Å². The molecular weight excluding hydrogens is 291 g/mol. The summed E-state index contributed by atoms with van der Waals surface area (Å²) in [6, 6.07) is 0.308. The van der Waals surface area contributed by atoms with Gasteiger partial charge in [0.15, 0.2) is 23.2 Å². The summed E-state index contributed by atoms with van der Waals surface area (Å²) in [6.07, 6.45) is 0.173. The van der Waals surface area contributed by atoms with Gasteiger partial charge in [0.25, 0.3) is 5.91 Å². The largest absolute Gasteiger partial charge is 0.503 e. The fourth-order valence-electron chi connectivity index (χ4n) is 1.52. The number of hydrogen-bond donors (Lipinski definition) is 4. The third kappa shape index (κ3) is 3.01. The molecule has 1 atom stereocenters. The number of nitrogens with zero attached hydrogens (tertiary/aromatic N) is 1. The summed E-state index contributed by atoms with van der Waals surface area (Å²) >= 11 is 0. The molecule has 21 heavy (non-hydrogen) atoms. The van der Waals surface area contributed by atoms with Crippen LogP contribution in [0, 0.1) is 17.5 Å². The minimum atomic E-state index is -1.79. The smallest absolute Gasteiger partial charge is 0.255 e. The van der Waals surface area contributed by atoms with Crippen LogP contribution >= 0.6 is 0 Å². The summed E-state index contributed by atoms with van der Waals surface area (Å²) in [5.74, 6) is -8.09. The first-order valence-electron chi connectivity index (χ1n) is 5.84. The number of amidine groups is 1. The Morgan fingerprint density at radius 3 is 2.48 bits per heavy atom. The summed E-state index contributed by atoms with van der Waals surface area (Å²) in [5.41, 5.74) is 3.18. The molecule has 0 aliphatic heterocycles. The average Bonchev–Trinajstić information content (AvgIpc) is 2.47. The van der Waals surface area contributed by atoms with Gasteiger partial charge >= 0.3 is 0 Å². The SMILES string of the molecule is CCC(C)(NC(=O)c1cc(F)c(F)c(O)c1F)/C(N)=N/O. The van der Waals surface area contributed by atoms with Gasteiger partial charge < -0.3 is 21.4 Å². The molecule has 0 saturated heterocycles. The molecule has 6 nitrogen and oxygen atoms in total. The van der Waals surface area contributed by atoms with E-state index < -0.39 is 40.2 Å². The van der Waals surface area contributed by atoms with Gasteiger partial charge in [0, 0.05) is 0 Å². The molecule has 9 heteroatoms. The lowest BCUT2D eigenvalue weighted by molar-refractivity contribution is 0.0919. The van der Waals surface area contributed by atoms with Crippen LogP contribution in [0.5, 0.6) is 5.75 Å². The van der Waals surface area contributed by atoms with Crippen molar-refractivity contribution in [1.82, 2.24) is 5.32 Å². The number of carbonyl (C=O) groups excluding carboxylic acids is 1. The summed E-state index contributed by atoms with van der Waals surface area (Å²) in [6.45, 7) is 2.98. The maximum Gasteiger partial charge on any atom is 0.255 e. The Hall–Kier alpha value is -2.45. The van der Waals surface area contributed by atoms with Crippen molar-refractivity contribution in [1.29, 1.82) is 0 Å². The molecule has 0 aromatic heterocycles. The second-order valence-corrected chi connectivity index (χ2v) is 4.51. The summed E-state index contributed by atoms with van der Waals surface area (Å²) in [5, 5.41) is 22.7. The lowest BCUT2D eigenvalue weighted by Crippen LogP contribution is -2.55. The monoisotopic (exact) mass is 305 g/mol. The average molecular weight is 305 g/mol. The molecule has 0 heterocycles. The van der Waals surface area contributed by atoms with Crippen molar-refractivity contribution in [3.63, 3.8) is 0 Å². The van der Waals surface area contributed by atoms with Gasteiger partial charge in [0.05, 0.1) is 11.1 Å². The number of phenolic OH excluding ortho intramolecular Hbond substituents is 1. The molecule has 1 rings (SSSR count). The van der Waals surface area contributed by atoms with E-state index in [4.69, 9.17) is 16.0 Å². The van der Waals surface area contributed by atoms with Crippen LogP contribution in [-0.4, -0.2) is 27.6 Å². The van der Waals surface area contributed by atoms with Gasteiger partial charge in [0.1, 0.15) is 0 Å². The number of halogens is 3. The van der Waals surface area contributed by atoms with E-state index in [9.17, 15) is 18.0 Å². The van der Waals surface area contributed by atoms with Gasteiger partial charge in [-0.05, 0) is 19.4 Å². The van der Waals surface area contributed by atoms with Crippen LogP contribution < -0.4 is 11.1 Å². The van der Waals surface area contributed by atoms with Crippen LogP contribution in [0.3, 0.4) is 0 Å². The molecule has 1 aromatic carbocycles. The third-order valence-electron chi connectivity index (χ3n) is 3.15. The van der Waals surface area contributed by atoms with E-state index in [-0.39, 0.29) is 12.3 Å². The third-order valence-corrected chi connectivity index (χ3v) is 3.15. The summed E-state index contributed by atoms with van der Waals surface area (Å²) in [4.78, 5) is 11.9. The lowest BCUT2D eigenvalue weighted by atomic mass is 9.96. The number of rotatable bonds is 4. The Balaban J connectivity index is 3.22. The minimum Gasteiger partial charge on any atom is -0.503 e. The topological polar surface area (TPSA) is 108 Å². The van der Waals surface area contributed by atoms with E-state index in [1.807, 2.05) is 0 Å². The maximum atomic E-state index is 13.6. The van der Waals surface area contributed by atoms with E-state index in [0.717, 1.165) is 0 Å². The maximum absolute atomic E-state index is 13.6. The number of amides is 1. The number of nitrogens with one attached hydrogen (secondary N) is 1. The first-order valence-corrected chi connectivity index (χ1v) is 5.84. The molecule has 0 spiro atoms. The summed E-state index contributed by atoms with van der Waals surface area (Å²) < 4.78 is 39.7. The predicted octanol–water partition coefficient (Wildman–Crippen LogP) is 1.45. The van der Waals surface area contributed by atoms with Crippen LogP contribution in [-0.2, 0) is 0 Å². The molecule has 0 fully saturated rings. The molecule has 116 valence electrons. The number of carbonyl (C=O) groups is 1. The van der Waals surface area contributed by atoms with Gasteiger partial charge in [0.2, 0.25) is 5.82 Å². The van der Waals surface area contributed by atoms with E-state index >= 15 is 0 Å². The molecule has 1 amide bonds. The Morgan fingerprint density at radius 1 is 1.43 bits per heavy atom. The zero-order chi connectivity index (χ0) is 16.4. The van der Waals surface area contributed by atoms with Crippen LogP contribution in [0.2, 0.25) is 0 Å². The van der Waals surface area contributed by atoms with Crippen LogP contribution in [0.4, 0.5) is 13.2 Å². The molecular formula is C12H14F3N3O3. The van der Waals surface area contributed by atoms with Crippen molar-refractivity contribution in [2.24, 2.45) is 10.9 Å². The fraction of sp³-hybridized carbons (Fsp3) is 0.333. The Morgan fingerprint density at radius 2 is 2.00 bits per heavy atom. The van der Waals surface area contributed by atoms with Crippen molar-refractivity contribution in [2.45, 2.75) is 25.8 Å². The number of nitrogens with two attached hydrogens (primary N) is 1. The minimum absolute atomic E-state index is 0.173. The molecule has 0 aliphatic rings. The first-order chi connectivity index (χ1) is 9.67. The number of hydrogen-bond acceptors (Lipinski definition) is 4. The first kappa shape index (κ1) is 16.6. The predicted molar refractivity (Wildman–Crippen MR) is 67.6 cm³/mol.